The number of aromatic nitrogens is 2. The molecule has 0 radical (unpaired) electrons. The molecule has 1 amide bonds. The van der Waals surface area contributed by atoms with Crippen LogP contribution in [0.5, 0.6) is 0 Å². The third-order valence-electron chi connectivity index (χ3n) is 2.80. The molecule has 136 valence electrons. The van der Waals surface area contributed by atoms with Crippen molar-refractivity contribution in [2.24, 2.45) is 5.06 Å². The van der Waals surface area contributed by atoms with E-state index in [1.807, 2.05) is 0 Å². The molecule has 0 saturated carbocycles. The number of carbonyl (C=O) groups is 1. The van der Waals surface area contributed by atoms with E-state index in [0.29, 0.717) is 0 Å². The molecule has 1 heterocycles. The Kier molecular flexibility index (Phi) is 6.50. The van der Waals surface area contributed by atoms with Crippen LogP contribution in [-0.4, -0.2) is 36.2 Å². The van der Waals surface area contributed by atoms with Crippen LogP contribution in [0.2, 0.25) is 0 Å². The van der Waals surface area contributed by atoms with Crippen molar-refractivity contribution >= 4 is 24.6 Å². The number of hydrogen-bond donors (Lipinski definition) is 1. The summed E-state index contributed by atoms with van der Waals surface area (Å²) in [6.07, 6.45) is -4.61. The third kappa shape index (κ3) is 5.69. The van der Waals surface area contributed by atoms with E-state index in [4.69, 9.17) is 16.4 Å². The fourth-order valence-corrected chi connectivity index (χ4v) is 1.71. The van der Waals surface area contributed by atoms with Gasteiger partial charge in [0.1, 0.15) is 0 Å². The Balaban J connectivity index is 1.91. The number of halogens is 4. The third-order valence-corrected chi connectivity index (χ3v) is 2.91. The van der Waals surface area contributed by atoms with Gasteiger partial charge in [-0.15, -0.1) is 0 Å². The molecule has 0 saturated heterocycles. The van der Waals surface area contributed by atoms with Gasteiger partial charge in [0.15, 0.2) is 0 Å². The maximum absolute atomic E-state index is 12.4. The molecule has 2 rings (SSSR count). The summed E-state index contributed by atoms with van der Waals surface area (Å²) in [5.41, 5.74) is 0.564. The van der Waals surface area contributed by atoms with Crippen LogP contribution in [0.4, 0.5) is 13.2 Å². The Morgan fingerprint density at radius 3 is 2.65 bits per heavy atom. The maximum atomic E-state index is 12.4. The minimum atomic E-state index is -4.71. The number of carbonyl (C=O) groups excluding carboxylic acids is 1. The van der Waals surface area contributed by atoms with Crippen LogP contribution in [0, 0.1) is 0 Å². The number of nitrogens with one attached hydrogen (secondary N) is 1. The Labute approximate surface area is 151 Å². The molecular formula is C14H11BClF3N4O3. The molecule has 2 aromatic rings. The van der Waals surface area contributed by atoms with Gasteiger partial charge in [-0.2, -0.15) is 0 Å². The molecule has 1 aromatic carbocycles. The number of hydrogen-bond acceptors (Lipinski definition) is 6. The van der Waals surface area contributed by atoms with Crippen LogP contribution in [0.15, 0.2) is 45.5 Å². The second-order valence-electron chi connectivity index (χ2n) is 4.79. The molecule has 7 nitrogen and oxygen atoms in total. The number of rotatable bonds is 7. The van der Waals surface area contributed by atoms with Crippen molar-refractivity contribution in [1.29, 1.82) is 0 Å². The first-order valence-corrected chi connectivity index (χ1v) is 7.42. The predicted molar refractivity (Wildman–Crippen MR) is 86.2 cm³/mol. The van der Waals surface area contributed by atoms with Gasteiger partial charge < -0.3 is 0 Å². The SMILES string of the molecule is C=C(Cl)CO/N=B/CNC(=O)c1ccc(-c2noc(C(F)(F)F)n2)cc1. The van der Waals surface area contributed by atoms with E-state index in [9.17, 15) is 18.0 Å². The topological polar surface area (TPSA) is 89.6 Å². The Morgan fingerprint density at radius 1 is 1.38 bits per heavy atom. The first-order chi connectivity index (χ1) is 12.3. The second kappa shape index (κ2) is 8.61. The summed E-state index contributed by atoms with van der Waals surface area (Å²) < 4.78 is 41.5. The molecule has 12 heteroatoms. The fourth-order valence-electron chi connectivity index (χ4n) is 1.66. The summed E-state index contributed by atoms with van der Waals surface area (Å²) in [6, 6.07) is 5.64. The summed E-state index contributed by atoms with van der Waals surface area (Å²) in [6.45, 7) is 3.46. The molecule has 26 heavy (non-hydrogen) atoms. The summed E-state index contributed by atoms with van der Waals surface area (Å²) >= 11 is 5.47. The van der Waals surface area contributed by atoms with Crippen LogP contribution in [-0.2, 0) is 11.0 Å². The monoisotopic (exact) mass is 386 g/mol. The van der Waals surface area contributed by atoms with E-state index in [0.717, 1.165) is 0 Å². The van der Waals surface area contributed by atoms with Crippen molar-refractivity contribution in [1.82, 2.24) is 15.5 Å². The standard InChI is InChI=1S/C14H11BClF3N4O3/c1-8(16)6-25-23-15-7-20-12(24)10-4-2-9(3-5-10)11-21-13(26-22-11)14(17,18)19/h2-5H,1,6-7H2,(H,20,24). The van der Waals surface area contributed by atoms with E-state index in [1.54, 1.807) is 0 Å². The first-order valence-electron chi connectivity index (χ1n) is 7.04. The van der Waals surface area contributed by atoms with Crippen molar-refractivity contribution < 1.29 is 27.3 Å². The van der Waals surface area contributed by atoms with Crippen molar-refractivity contribution in [3.63, 3.8) is 0 Å². The zero-order valence-electron chi connectivity index (χ0n) is 13.1. The van der Waals surface area contributed by atoms with Crippen molar-refractivity contribution in [2.75, 3.05) is 13.1 Å². The number of amides is 1. The van der Waals surface area contributed by atoms with Crippen LogP contribution in [0.25, 0.3) is 11.4 Å². The average Bonchev–Trinajstić information content (AvgIpc) is 3.08. The van der Waals surface area contributed by atoms with Gasteiger partial charge in [-0.3, -0.25) is 0 Å². The predicted octanol–water partition coefficient (Wildman–Crippen LogP) is 3.01. The van der Waals surface area contributed by atoms with Crippen molar-refractivity contribution in [3.05, 3.63) is 47.3 Å². The van der Waals surface area contributed by atoms with Gasteiger partial charge >= 0.3 is 150 Å². The van der Waals surface area contributed by atoms with Gasteiger partial charge in [0, 0.05) is 0 Å². The number of benzene rings is 1. The van der Waals surface area contributed by atoms with E-state index in [1.165, 1.54) is 31.3 Å². The van der Waals surface area contributed by atoms with Crippen LogP contribution in [0.1, 0.15) is 16.2 Å². The number of alkyl halides is 3. The fraction of sp³-hybridized carbons (Fsp3) is 0.214. The van der Waals surface area contributed by atoms with E-state index in [2.05, 4.69) is 31.6 Å². The van der Waals surface area contributed by atoms with E-state index >= 15 is 0 Å². The molecule has 0 bridgehead atoms. The average molecular weight is 387 g/mol. The van der Waals surface area contributed by atoms with E-state index < -0.39 is 18.0 Å². The van der Waals surface area contributed by atoms with Gasteiger partial charge in [0.25, 0.3) is 0 Å². The van der Waals surface area contributed by atoms with Crippen LogP contribution >= 0.6 is 11.6 Å². The van der Waals surface area contributed by atoms with Crippen molar-refractivity contribution in [3.8, 4) is 11.4 Å². The summed E-state index contributed by atoms with van der Waals surface area (Å²) in [7, 11) is 1.32. The van der Waals surface area contributed by atoms with Gasteiger partial charge in [-0.05, 0) is 0 Å². The van der Waals surface area contributed by atoms with Crippen molar-refractivity contribution in [2.45, 2.75) is 6.18 Å². The summed E-state index contributed by atoms with van der Waals surface area (Å²) in [4.78, 5) is 19.9. The molecule has 0 unspecified atom stereocenters. The quantitative estimate of drug-likeness (QED) is 0.583. The minimum absolute atomic E-state index is 0.0552. The van der Waals surface area contributed by atoms with Gasteiger partial charge in [-0.1, -0.05) is 0 Å². The molecule has 0 atom stereocenters. The summed E-state index contributed by atoms with van der Waals surface area (Å²) in [5.74, 6) is -2.07. The first kappa shape index (κ1) is 19.6. The molecule has 0 fully saturated rings. The second-order valence-corrected chi connectivity index (χ2v) is 5.32. The molecule has 0 aliphatic rings. The Bertz CT molecular complexity index is 809. The molecule has 0 spiro atoms. The zero-order chi connectivity index (χ0) is 19.2. The van der Waals surface area contributed by atoms with Crippen LogP contribution in [0.3, 0.4) is 0 Å². The Hall–Kier alpha value is -2.69. The van der Waals surface area contributed by atoms with Gasteiger partial charge in [0.2, 0.25) is 0 Å². The normalized spacial score (nSPS) is 11.2. The Morgan fingerprint density at radius 2 is 2.08 bits per heavy atom. The number of nitrogens with zero attached hydrogens (tertiary/aromatic N) is 3. The van der Waals surface area contributed by atoms with Gasteiger partial charge in [-0.25, -0.2) is 0 Å². The molecular weight excluding hydrogens is 375 g/mol. The molecule has 1 N–H and O–H groups in total. The molecule has 1 aromatic heterocycles. The molecule has 0 aliphatic carbocycles. The van der Waals surface area contributed by atoms with Crippen LogP contribution < -0.4 is 5.32 Å². The van der Waals surface area contributed by atoms with E-state index in [-0.39, 0.29) is 35.0 Å². The molecule has 0 aliphatic heterocycles. The van der Waals surface area contributed by atoms with Gasteiger partial charge in [0.05, 0.1) is 0 Å². The summed E-state index contributed by atoms with van der Waals surface area (Å²) in [5, 5.41) is 9.65. The zero-order valence-corrected chi connectivity index (χ0v) is 13.8.